The molecular formula is C10H19O3PS. The molecule has 0 aromatic heterocycles. The van der Waals surface area contributed by atoms with Gasteiger partial charge in [0.15, 0.2) is 0 Å². The molecule has 0 bridgehead atoms. The molecule has 3 nitrogen and oxygen atoms in total. The van der Waals surface area contributed by atoms with Crippen LogP contribution in [0.1, 0.15) is 39.5 Å². The molecule has 0 aromatic rings. The van der Waals surface area contributed by atoms with Crippen LogP contribution in [0.15, 0.2) is 0 Å². The van der Waals surface area contributed by atoms with Gasteiger partial charge < -0.3 is 4.52 Å². The number of hydrogen-bond acceptors (Lipinski definition) is 3. The van der Waals surface area contributed by atoms with E-state index in [1.165, 1.54) is 0 Å². The molecule has 15 heavy (non-hydrogen) atoms. The van der Waals surface area contributed by atoms with Crippen LogP contribution in [-0.2, 0) is 13.9 Å². The normalized spacial score (nSPS) is 30.9. The Kier molecular flexibility index (Phi) is 4.88. The maximum Gasteiger partial charge on any atom is 0.254 e. The number of ketones is 1. The quantitative estimate of drug-likeness (QED) is 0.615. The highest BCUT2D eigenvalue weighted by molar-refractivity contribution is 8.46. The SMILES string of the molecule is CCP(=O)(S)O[C@H]1CC[C@@H](C(C)=O)CC1. The summed E-state index contributed by atoms with van der Waals surface area (Å²) in [4.78, 5) is 11.1. The number of carbonyl (C=O) groups excluding carboxylic acids is 1. The molecule has 0 aliphatic heterocycles. The zero-order valence-corrected chi connectivity index (χ0v) is 11.1. The summed E-state index contributed by atoms with van der Waals surface area (Å²) in [6.07, 6.45) is 3.87. The lowest BCUT2D eigenvalue weighted by Crippen LogP contribution is -2.24. The van der Waals surface area contributed by atoms with E-state index in [9.17, 15) is 9.36 Å². The third-order valence-corrected chi connectivity index (χ3v) is 5.52. The largest absolute Gasteiger partial charge is 0.318 e. The average Bonchev–Trinajstić information content (AvgIpc) is 2.18. The first-order chi connectivity index (χ1) is 6.94. The Morgan fingerprint density at radius 1 is 1.40 bits per heavy atom. The van der Waals surface area contributed by atoms with Crippen LogP contribution in [0.5, 0.6) is 0 Å². The Bertz CT molecular complexity index is 272. The first-order valence-electron chi connectivity index (χ1n) is 5.45. The fourth-order valence-corrected chi connectivity index (χ4v) is 3.11. The summed E-state index contributed by atoms with van der Waals surface area (Å²) < 4.78 is 17.1. The van der Waals surface area contributed by atoms with Gasteiger partial charge in [-0.3, -0.25) is 9.36 Å². The van der Waals surface area contributed by atoms with Crippen LogP contribution in [0.25, 0.3) is 0 Å². The van der Waals surface area contributed by atoms with Crippen molar-refractivity contribution in [1.29, 1.82) is 0 Å². The molecule has 88 valence electrons. The zero-order chi connectivity index (χ0) is 11.5. The fraction of sp³-hybridized carbons (Fsp3) is 0.900. The van der Waals surface area contributed by atoms with E-state index >= 15 is 0 Å². The van der Waals surface area contributed by atoms with E-state index in [-0.39, 0.29) is 17.8 Å². The minimum Gasteiger partial charge on any atom is -0.318 e. The summed E-state index contributed by atoms with van der Waals surface area (Å²) in [5.74, 6) is 0.448. The standard InChI is InChI=1S/C10H19O3PS/c1-3-14(12,15)13-10-6-4-9(5-7-10)8(2)11/h9-10H,3-7H2,1-2H3,(H,12,15)/t9-,10+,14?. The van der Waals surface area contributed by atoms with Gasteiger partial charge in [0.25, 0.3) is 6.57 Å². The molecule has 1 unspecified atom stereocenters. The molecule has 1 fully saturated rings. The highest BCUT2D eigenvalue weighted by Crippen LogP contribution is 2.53. The van der Waals surface area contributed by atoms with Crippen LogP contribution >= 0.6 is 18.8 Å². The van der Waals surface area contributed by atoms with Crippen LogP contribution < -0.4 is 0 Å². The Labute approximate surface area is 96.6 Å². The van der Waals surface area contributed by atoms with E-state index < -0.39 is 6.57 Å². The molecule has 0 aromatic carbocycles. The summed E-state index contributed by atoms with van der Waals surface area (Å²) in [6.45, 7) is 0.779. The van der Waals surface area contributed by atoms with Crippen LogP contribution in [0.2, 0.25) is 0 Å². The maximum atomic E-state index is 11.6. The van der Waals surface area contributed by atoms with Crippen molar-refractivity contribution in [3.8, 4) is 0 Å². The van der Waals surface area contributed by atoms with Crippen LogP contribution in [-0.4, -0.2) is 18.0 Å². The number of Topliss-reactive ketones (excluding diaryl/α,β-unsaturated/α-hetero) is 1. The summed E-state index contributed by atoms with van der Waals surface area (Å²) in [5.41, 5.74) is 0. The molecule has 0 amide bonds. The van der Waals surface area contributed by atoms with Gasteiger partial charge in [-0.1, -0.05) is 19.2 Å². The van der Waals surface area contributed by atoms with Crippen molar-refractivity contribution < 1.29 is 13.9 Å². The van der Waals surface area contributed by atoms with E-state index in [2.05, 4.69) is 12.2 Å². The van der Waals surface area contributed by atoms with Gasteiger partial charge in [-0.25, -0.2) is 0 Å². The van der Waals surface area contributed by atoms with Gasteiger partial charge in [0, 0.05) is 12.1 Å². The summed E-state index contributed by atoms with van der Waals surface area (Å²) in [6, 6.07) is 0. The van der Waals surface area contributed by atoms with E-state index in [1.807, 2.05) is 6.92 Å². The predicted molar refractivity (Wildman–Crippen MR) is 64.6 cm³/mol. The Hall–Kier alpha value is 0.210. The lowest BCUT2D eigenvalue weighted by atomic mass is 9.85. The second kappa shape index (κ2) is 5.51. The van der Waals surface area contributed by atoms with Gasteiger partial charge in [0.05, 0.1) is 6.10 Å². The van der Waals surface area contributed by atoms with Gasteiger partial charge in [0.1, 0.15) is 5.78 Å². The molecule has 0 N–H and O–H groups in total. The number of carbonyl (C=O) groups is 1. The Morgan fingerprint density at radius 2 is 1.93 bits per heavy atom. The molecule has 1 saturated carbocycles. The molecule has 0 spiro atoms. The van der Waals surface area contributed by atoms with Crippen LogP contribution in [0.3, 0.4) is 0 Å². The van der Waals surface area contributed by atoms with Crippen molar-refractivity contribution in [3.05, 3.63) is 0 Å². The molecule has 1 rings (SSSR count). The summed E-state index contributed by atoms with van der Waals surface area (Å²) in [5, 5.41) is 0. The molecular weight excluding hydrogens is 231 g/mol. The lowest BCUT2D eigenvalue weighted by molar-refractivity contribution is -0.122. The average molecular weight is 250 g/mol. The molecule has 0 saturated heterocycles. The Morgan fingerprint density at radius 3 is 2.33 bits per heavy atom. The number of rotatable bonds is 4. The fourth-order valence-electron chi connectivity index (χ4n) is 1.88. The second-order valence-corrected chi connectivity index (χ2v) is 8.09. The minimum atomic E-state index is -2.68. The minimum absolute atomic E-state index is 0.0314. The number of hydrogen-bond donors (Lipinski definition) is 1. The van der Waals surface area contributed by atoms with Crippen molar-refractivity contribution in [3.63, 3.8) is 0 Å². The summed E-state index contributed by atoms with van der Waals surface area (Å²) in [7, 11) is 0. The van der Waals surface area contributed by atoms with Crippen LogP contribution in [0.4, 0.5) is 0 Å². The van der Waals surface area contributed by atoms with Gasteiger partial charge in [-0.15, -0.1) is 0 Å². The van der Waals surface area contributed by atoms with E-state index in [0.29, 0.717) is 6.16 Å². The first kappa shape index (κ1) is 13.3. The molecule has 1 aliphatic carbocycles. The van der Waals surface area contributed by atoms with Crippen LogP contribution in [0, 0.1) is 5.92 Å². The van der Waals surface area contributed by atoms with Crippen molar-refractivity contribution in [2.45, 2.75) is 45.6 Å². The van der Waals surface area contributed by atoms with Gasteiger partial charge in [0.2, 0.25) is 0 Å². The van der Waals surface area contributed by atoms with E-state index in [4.69, 9.17) is 4.52 Å². The highest BCUT2D eigenvalue weighted by atomic mass is 32.7. The lowest BCUT2D eigenvalue weighted by Gasteiger charge is -2.28. The predicted octanol–water partition coefficient (Wildman–Crippen LogP) is 3.29. The number of thiol groups is 1. The topological polar surface area (TPSA) is 43.4 Å². The van der Waals surface area contributed by atoms with Crippen molar-refractivity contribution >= 4 is 24.6 Å². The van der Waals surface area contributed by atoms with Crippen molar-refractivity contribution in [2.24, 2.45) is 5.92 Å². The van der Waals surface area contributed by atoms with Crippen molar-refractivity contribution in [2.75, 3.05) is 6.16 Å². The summed E-state index contributed by atoms with van der Waals surface area (Å²) >= 11 is 4.03. The van der Waals surface area contributed by atoms with E-state index in [0.717, 1.165) is 25.7 Å². The Balaban J connectivity index is 2.38. The first-order valence-corrected chi connectivity index (χ1v) is 8.41. The van der Waals surface area contributed by atoms with Crippen molar-refractivity contribution in [1.82, 2.24) is 0 Å². The zero-order valence-electron chi connectivity index (χ0n) is 9.31. The second-order valence-electron chi connectivity index (χ2n) is 4.14. The third-order valence-electron chi connectivity index (χ3n) is 2.96. The highest BCUT2D eigenvalue weighted by Gasteiger charge is 2.28. The van der Waals surface area contributed by atoms with Gasteiger partial charge in [-0.05, 0) is 32.6 Å². The molecule has 1 atom stereocenters. The molecule has 1 aliphatic rings. The van der Waals surface area contributed by atoms with Gasteiger partial charge >= 0.3 is 0 Å². The van der Waals surface area contributed by atoms with Gasteiger partial charge in [-0.2, -0.15) is 0 Å². The van der Waals surface area contributed by atoms with E-state index in [1.54, 1.807) is 6.92 Å². The molecule has 0 heterocycles. The molecule has 5 heteroatoms. The third kappa shape index (κ3) is 4.29. The molecule has 0 radical (unpaired) electrons. The monoisotopic (exact) mass is 250 g/mol. The maximum absolute atomic E-state index is 11.6. The smallest absolute Gasteiger partial charge is 0.254 e.